The van der Waals surface area contributed by atoms with Crippen LogP contribution in [0.15, 0.2) is 36.7 Å². The standard InChI is InChI=1S/C23H28F2N2O3/c1-3-15(12-20(28)19-8-9-21(29-2)27-14-19)16-4-6-17(7-5-16)18-10-11-26-22(13-18)30-23(24)25/h8-11,13-17,23H,3-7,12H2,1-2H3/t15-,16?,17?/m0/s1. The molecule has 2 aromatic heterocycles. The number of Topliss-reactive ketones (excluding diaryl/α,β-unsaturated/α-hetero) is 1. The molecule has 2 aromatic rings. The van der Waals surface area contributed by atoms with Gasteiger partial charge in [-0.25, -0.2) is 9.97 Å². The minimum atomic E-state index is -2.87. The highest BCUT2D eigenvalue weighted by atomic mass is 19.3. The van der Waals surface area contributed by atoms with E-state index in [9.17, 15) is 13.6 Å². The normalized spacial score (nSPS) is 20.0. The van der Waals surface area contributed by atoms with Crippen LogP contribution >= 0.6 is 0 Å². The molecule has 1 saturated carbocycles. The van der Waals surface area contributed by atoms with E-state index in [0.717, 1.165) is 37.7 Å². The van der Waals surface area contributed by atoms with Gasteiger partial charge in [0.2, 0.25) is 11.8 Å². The smallest absolute Gasteiger partial charge is 0.388 e. The number of hydrogen-bond acceptors (Lipinski definition) is 5. The number of methoxy groups -OCH3 is 1. The fourth-order valence-electron chi connectivity index (χ4n) is 4.42. The number of rotatable bonds is 9. The molecule has 0 bridgehead atoms. The molecule has 162 valence electrons. The molecular formula is C23H28F2N2O3. The van der Waals surface area contributed by atoms with Crippen LogP contribution in [0.25, 0.3) is 0 Å². The highest BCUT2D eigenvalue weighted by Gasteiger charge is 2.29. The predicted octanol–water partition coefficient (Wildman–Crippen LogP) is 5.66. The summed E-state index contributed by atoms with van der Waals surface area (Å²) in [5.74, 6) is 1.70. The molecule has 7 heteroatoms. The van der Waals surface area contributed by atoms with Gasteiger partial charge < -0.3 is 9.47 Å². The number of halogens is 2. The summed E-state index contributed by atoms with van der Waals surface area (Å²) in [4.78, 5) is 20.7. The molecule has 0 radical (unpaired) electrons. The first-order chi connectivity index (χ1) is 14.5. The molecular weight excluding hydrogens is 390 g/mol. The molecule has 0 unspecified atom stereocenters. The maximum absolute atomic E-state index is 12.7. The van der Waals surface area contributed by atoms with Crippen LogP contribution < -0.4 is 9.47 Å². The third-order valence-electron chi connectivity index (χ3n) is 6.12. The molecule has 1 aliphatic rings. The Morgan fingerprint density at radius 2 is 1.90 bits per heavy atom. The monoisotopic (exact) mass is 418 g/mol. The van der Waals surface area contributed by atoms with Crippen LogP contribution in [0.4, 0.5) is 8.78 Å². The fraction of sp³-hybridized carbons (Fsp3) is 0.522. The Labute approximate surface area is 175 Å². The summed E-state index contributed by atoms with van der Waals surface area (Å²) < 4.78 is 34.4. The van der Waals surface area contributed by atoms with Crippen LogP contribution in [0.2, 0.25) is 0 Å². The van der Waals surface area contributed by atoms with Crippen molar-refractivity contribution in [3.05, 3.63) is 47.8 Å². The predicted molar refractivity (Wildman–Crippen MR) is 109 cm³/mol. The molecule has 3 rings (SSSR count). The van der Waals surface area contributed by atoms with Crippen LogP contribution in [0.3, 0.4) is 0 Å². The molecule has 0 amide bonds. The number of nitrogens with zero attached hydrogens (tertiary/aromatic N) is 2. The van der Waals surface area contributed by atoms with Gasteiger partial charge in [-0.2, -0.15) is 8.78 Å². The lowest BCUT2D eigenvalue weighted by Crippen LogP contribution is -2.23. The van der Waals surface area contributed by atoms with Crippen molar-refractivity contribution in [2.75, 3.05) is 7.11 Å². The molecule has 0 aromatic carbocycles. The van der Waals surface area contributed by atoms with Crippen LogP contribution in [0, 0.1) is 11.8 Å². The van der Waals surface area contributed by atoms with Gasteiger partial charge in [0.15, 0.2) is 5.78 Å². The second kappa shape index (κ2) is 10.5. The third kappa shape index (κ3) is 5.74. The quantitative estimate of drug-likeness (QED) is 0.492. The summed E-state index contributed by atoms with van der Waals surface area (Å²) in [7, 11) is 1.55. The first-order valence-electron chi connectivity index (χ1n) is 10.4. The van der Waals surface area contributed by atoms with Crippen molar-refractivity contribution >= 4 is 5.78 Å². The first-order valence-corrected chi connectivity index (χ1v) is 10.4. The van der Waals surface area contributed by atoms with Crippen molar-refractivity contribution in [2.24, 2.45) is 11.8 Å². The molecule has 0 aliphatic heterocycles. The highest BCUT2D eigenvalue weighted by molar-refractivity contribution is 5.95. The summed E-state index contributed by atoms with van der Waals surface area (Å²) in [6.07, 6.45) is 8.54. The molecule has 0 saturated heterocycles. The maximum Gasteiger partial charge on any atom is 0.388 e. The Morgan fingerprint density at radius 1 is 1.13 bits per heavy atom. The van der Waals surface area contributed by atoms with E-state index in [1.165, 1.54) is 6.20 Å². The number of alkyl halides is 2. The Morgan fingerprint density at radius 3 is 2.50 bits per heavy atom. The summed E-state index contributed by atoms with van der Waals surface area (Å²) in [6, 6.07) is 6.97. The topological polar surface area (TPSA) is 61.3 Å². The Kier molecular flexibility index (Phi) is 7.71. The lowest BCUT2D eigenvalue weighted by molar-refractivity contribution is -0.0529. The van der Waals surface area contributed by atoms with E-state index in [1.807, 2.05) is 6.07 Å². The average molecular weight is 418 g/mol. The molecule has 5 nitrogen and oxygen atoms in total. The van der Waals surface area contributed by atoms with Crippen LogP contribution in [0.1, 0.15) is 67.3 Å². The third-order valence-corrected chi connectivity index (χ3v) is 6.12. The molecule has 1 aliphatic carbocycles. The average Bonchev–Trinajstić information content (AvgIpc) is 2.77. The van der Waals surface area contributed by atoms with Gasteiger partial charge >= 0.3 is 6.61 Å². The molecule has 2 heterocycles. The zero-order valence-electron chi connectivity index (χ0n) is 17.4. The summed E-state index contributed by atoms with van der Waals surface area (Å²) >= 11 is 0. The minimum absolute atomic E-state index is 0.0326. The van der Waals surface area contributed by atoms with Gasteiger partial charge in [0.05, 0.1) is 7.11 Å². The maximum atomic E-state index is 12.7. The van der Waals surface area contributed by atoms with E-state index in [1.54, 1.807) is 31.5 Å². The number of ketones is 1. The molecule has 1 fully saturated rings. The van der Waals surface area contributed by atoms with Crippen molar-refractivity contribution in [1.82, 2.24) is 9.97 Å². The van der Waals surface area contributed by atoms with E-state index in [2.05, 4.69) is 21.6 Å². The van der Waals surface area contributed by atoms with E-state index in [4.69, 9.17) is 4.74 Å². The lowest BCUT2D eigenvalue weighted by Gasteiger charge is -2.33. The number of carbonyl (C=O) groups is 1. The van der Waals surface area contributed by atoms with Crippen LogP contribution in [-0.4, -0.2) is 29.5 Å². The van der Waals surface area contributed by atoms with Crippen molar-refractivity contribution in [3.63, 3.8) is 0 Å². The van der Waals surface area contributed by atoms with Crippen LogP contribution in [0.5, 0.6) is 11.8 Å². The number of ether oxygens (including phenoxy) is 2. The van der Waals surface area contributed by atoms with Crippen molar-refractivity contribution < 1.29 is 23.0 Å². The van der Waals surface area contributed by atoms with Gasteiger partial charge in [-0.15, -0.1) is 0 Å². The van der Waals surface area contributed by atoms with E-state index in [-0.39, 0.29) is 11.7 Å². The number of carbonyl (C=O) groups excluding carboxylic acids is 1. The fourth-order valence-corrected chi connectivity index (χ4v) is 4.42. The molecule has 1 atom stereocenters. The lowest BCUT2D eigenvalue weighted by atomic mass is 9.72. The molecule has 0 N–H and O–H groups in total. The number of hydrogen-bond donors (Lipinski definition) is 0. The van der Waals surface area contributed by atoms with Gasteiger partial charge in [0.25, 0.3) is 0 Å². The van der Waals surface area contributed by atoms with Crippen molar-refractivity contribution in [2.45, 2.75) is 58.0 Å². The van der Waals surface area contributed by atoms with E-state index >= 15 is 0 Å². The summed E-state index contributed by atoms with van der Waals surface area (Å²) in [5, 5.41) is 0. The Hall–Kier alpha value is -2.57. The van der Waals surface area contributed by atoms with Crippen LogP contribution in [-0.2, 0) is 0 Å². The summed E-state index contributed by atoms with van der Waals surface area (Å²) in [6.45, 7) is -0.736. The second-order valence-corrected chi connectivity index (χ2v) is 7.80. The Balaban J connectivity index is 1.56. The SMILES string of the molecule is CC[C@@H](CC(=O)c1ccc(OC)nc1)C1CCC(c2ccnc(OC(F)F)c2)CC1. The zero-order chi connectivity index (χ0) is 21.5. The second-order valence-electron chi connectivity index (χ2n) is 7.80. The van der Waals surface area contributed by atoms with Gasteiger partial charge in [-0.05, 0) is 61.1 Å². The number of aromatic nitrogens is 2. The Bertz CT molecular complexity index is 821. The van der Waals surface area contributed by atoms with E-state index < -0.39 is 6.61 Å². The highest BCUT2D eigenvalue weighted by Crippen LogP contribution is 2.41. The van der Waals surface area contributed by atoms with Gasteiger partial charge in [-0.3, -0.25) is 4.79 Å². The molecule has 0 spiro atoms. The number of pyridine rings is 2. The van der Waals surface area contributed by atoms with Gasteiger partial charge in [0.1, 0.15) is 0 Å². The largest absolute Gasteiger partial charge is 0.481 e. The summed E-state index contributed by atoms with van der Waals surface area (Å²) in [5.41, 5.74) is 1.61. The zero-order valence-corrected chi connectivity index (χ0v) is 17.4. The van der Waals surface area contributed by atoms with E-state index in [0.29, 0.717) is 35.6 Å². The van der Waals surface area contributed by atoms with Crippen molar-refractivity contribution in [1.29, 1.82) is 0 Å². The van der Waals surface area contributed by atoms with Gasteiger partial charge in [0, 0.05) is 36.5 Å². The molecule has 30 heavy (non-hydrogen) atoms. The van der Waals surface area contributed by atoms with Crippen molar-refractivity contribution in [3.8, 4) is 11.8 Å². The first kappa shape index (κ1) is 22.1. The minimum Gasteiger partial charge on any atom is -0.481 e. The van der Waals surface area contributed by atoms with Gasteiger partial charge in [-0.1, -0.05) is 13.3 Å².